The van der Waals surface area contributed by atoms with Crippen molar-refractivity contribution >= 4 is 17.5 Å². The Labute approximate surface area is 121 Å². The summed E-state index contributed by atoms with van der Waals surface area (Å²) >= 11 is 0. The number of hydrogen-bond acceptors (Lipinski definition) is 2. The van der Waals surface area contributed by atoms with Crippen LogP contribution in [0, 0.1) is 5.92 Å². The molecule has 0 spiro atoms. The van der Waals surface area contributed by atoms with Crippen LogP contribution in [0.1, 0.15) is 38.8 Å². The molecule has 1 aromatic carbocycles. The molecule has 0 aromatic heterocycles. The van der Waals surface area contributed by atoms with E-state index in [-0.39, 0.29) is 0 Å². The van der Waals surface area contributed by atoms with E-state index in [0.29, 0.717) is 12.5 Å². The van der Waals surface area contributed by atoms with Crippen molar-refractivity contribution < 1.29 is 9.59 Å². The minimum Gasteiger partial charge on any atom is -0.348 e. The number of aryl methyl sites for hydroxylation is 2. The molecule has 2 N–H and O–H groups in total. The predicted molar refractivity (Wildman–Crippen MR) is 81.7 cm³/mol. The van der Waals surface area contributed by atoms with Gasteiger partial charge in [-0.1, -0.05) is 45.9 Å². The Morgan fingerprint density at radius 2 is 1.60 bits per heavy atom. The zero-order chi connectivity index (χ0) is 15.1. The highest BCUT2D eigenvalue weighted by Gasteiger charge is 2.16. The summed E-state index contributed by atoms with van der Waals surface area (Å²) in [4.78, 5) is 23.7. The fourth-order valence-electron chi connectivity index (χ4n) is 1.95. The molecule has 0 atom stereocenters. The van der Waals surface area contributed by atoms with Crippen molar-refractivity contribution in [1.29, 1.82) is 0 Å². The molecule has 0 unspecified atom stereocenters. The van der Waals surface area contributed by atoms with Crippen LogP contribution in [0.25, 0.3) is 0 Å². The first kappa shape index (κ1) is 16.2. The summed E-state index contributed by atoms with van der Waals surface area (Å²) in [6.45, 7) is 8.54. The molecule has 110 valence electrons. The standard InChI is InChI=1S/C16H24N2O2/c1-5-12-8-7-9-13(6-2)14(12)18-16(20)15(19)17-10-11(3)4/h7-9,11H,5-6,10H2,1-4H3,(H,17,19)(H,18,20). The Hall–Kier alpha value is -1.84. The highest BCUT2D eigenvalue weighted by Crippen LogP contribution is 2.22. The summed E-state index contributed by atoms with van der Waals surface area (Å²) in [7, 11) is 0. The van der Waals surface area contributed by atoms with Gasteiger partial charge in [-0.25, -0.2) is 0 Å². The Morgan fingerprint density at radius 1 is 1.05 bits per heavy atom. The summed E-state index contributed by atoms with van der Waals surface area (Å²) in [5, 5.41) is 5.38. The van der Waals surface area contributed by atoms with Crippen molar-refractivity contribution in [1.82, 2.24) is 5.32 Å². The maximum Gasteiger partial charge on any atom is 0.313 e. The zero-order valence-corrected chi connectivity index (χ0v) is 12.7. The van der Waals surface area contributed by atoms with Gasteiger partial charge in [-0.3, -0.25) is 9.59 Å². The summed E-state index contributed by atoms with van der Waals surface area (Å²) in [6, 6.07) is 5.92. The summed E-state index contributed by atoms with van der Waals surface area (Å²) in [6.07, 6.45) is 1.63. The molecule has 0 fully saturated rings. The van der Waals surface area contributed by atoms with E-state index in [1.807, 2.05) is 45.9 Å². The number of hydrogen-bond donors (Lipinski definition) is 2. The number of carbonyl (C=O) groups is 2. The molecule has 0 saturated carbocycles. The van der Waals surface area contributed by atoms with Crippen LogP contribution < -0.4 is 10.6 Å². The largest absolute Gasteiger partial charge is 0.348 e. The second kappa shape index (κ2) is 7.68. The van der Waals surface area contributed by atoms with Gasteiger partial charge in [0.25, 0.3) is 0 Å². The number of nitrogens with one attached hydrogen (secondary N) is 2. The van der Waals surface area contributed by atoms with Gasteiger partial charge in [0.05, 0.1) is 0 Å². The van der Waals surface area contributed by atoms with Gasteiger partial charge in [0.2, 0.25) is 0 Å². The smallest absolute Gasteiger partial charge is 0.313 e. The molecule has 4 heteroatoms. The summed E-state index contributed by atoms with van der Waals surface area (Å²) in [5.74, 6) is -0.853. The fraction of sp³-hybridized carbons (Fsp3) is 0.500. The maximum absolute atomic E-state index is 11.9. The third kappa shape index (κ3) is 4.37. The van der Waals surface area contributed by atoms with Crippen LogP contribution in [0.2, 0.25) is 0 Å². The van der Waals surface area contributed by atoms with E-state index in [0.717, 1.165) is 29.7 Å². The molecule has 0 aliphatic heterocycles. The van der Waals surface area contributed by atoms with E-state index in [9.17, 15) is 9.59 Å². The van der Waals surface area contributed by atoms with E-state index in [1.54, 1.807) is 0 Å². The first-order valence-electron chi connectivity index (χ1n) is 7.19. The van der Waals surface area contributed by atoms with Gasteiger partial charge in [-0.05, 0) is 29.9 Å². The van der Waals surface area contributed by atoms with E-state index < -0.39 is 11.8 Å². The second-order valence-electron chi connectivity index (χ2n) is 5.22. The van der Waals surface area contributed by atoms with Gasteiger partial charge in [0.15, 0.2) is 0 Å². The normalized spacial score (nSPS) is 10.4. The first-order chi connectivity index (χ1) is 9.49. The quantitative estimate of drug-likeness (QED) is 0.812. The van der Waals surface area contributed by atoms with E-state index in [1.165, 1.54) is 0 Å². The van der Waals surface area contributed by atoms with Crippen molar-refractivity contribution in [2.45, 2.75) is 40.5 Å². The molecule has 0 saturated heterocycles. The molecule has 1 rings (SSSR count). The lowest BCUT2D eigenvalue weighted by Gasteiger charge is -2.14. The number of amides is 2. The molecule has 0 aliphatic carbocycles. The molecular weight excluding hydrogens is 252 g/mol. The van der Waals surface area contributed by atoms with Crippen LogP contribution in [0.15, 0.2) is 18.2 Å². The van der Waals surface area contributed by atoms with Crippen LogP contribution in [0.4, 0.5) is 5.69 Å². The van der Waals surface area contributed by atoms with Crippen LogP contribution in [0.5, 0.6) is 0 Å². The number of carbonyl (C=O) groups excluding carboxylic acids is 2. The van der Waals surface area contributed by atoms with Crippen LogP contribution in [0.3, 0.4) is 0 Å². The zero-order valence-electron chi connectivity index (χ0n) is 12.7. The molecule has 0 bridgehead atoms. The van der Waals surface area contributed by atoms with Gasteiger partial charge < -0.3 is 10.6 Å². The van der Waals surface area contributed by atoms with E-state index in [2.05, 4.69) is 10.6 Å². The van der Waals surface area contributed by atoms with E-state index >= 15 is 0 Å². The van der Waals surface area contributed by atoms with Crippen LogP contribution in [-0.4, -0.2) is 18.4 Å². The number of para-hydroxylation sites is 1. The lowest BCUT2D eigenvalue weighted by Crippen LogP contribution is -2.37. The van der Waals surface area contributed by atoms with Crippen molar-refractivity contribution in [3.8, 4) is 0 Å². The minimum atomic E-state index is -0.596. The van der Waals surface area contributed by atoms with Crippen molar-refractivity contribution in [2.75, 3.05) is 11.9 Å². The molecule has 0 radical (unpaired) electrons. The van der Waals surface area contributed by atoms with Gasteiger partial charge in [-0.15, -0.1) is 0 Å². The number of benzene rings is 1. The first-order valence-corrected chi connectivity index (χ1v) is 7.19. The maximum atomic E-state index is 11.9. The molecule has 2 amide bonds. The lowest BCUT2D eigenvalue weighted by atomic mass is 10.0. The Bertz CT molecular complexity index is 459. The fourth-order valence-corrected chi connectivity index (χ4v) is 1.95. The molecule has 4 nitrogen and oxygen atoms in total. The Morgan fingerprint density at radius 3 is 2.05 bits per heavy atom. The van der Waals surface area contributed by atoms with Gasteiger partial charge in [-0.2, -0.15) is 0 Å². The van der Waals surface area contributed by atoms with Gasteiger partial charge >= 0.3 is 11.8 Å². The SMILES string of the molecule is CCc1cccc(CC)c1NC(=O)C(=O)NCC(C)C. The minimum absolute atomic E-state index is 0.320. The molecule has 0 aliphatic rings. The van der Waals surface area contributed by atoms with Crippen LogP contribution in [-0.2, 0) is 22.4 Å². The third-order valence-corrected chi connectivity index (χ3v) is 3.11. The summed E-state index contributed by atoms with van der Waals surface area (Å²) < 4.78 is 0. The monoisotopic (exact) mass is 276 g/mol. The molecule has 0 heterocycles. The molecule has 1 aromatic rings. The number of anilines is 1. The highest BCUT2D eigenvalue weighted by molar-refractivity contribution is 6.39. The van der Waals surface area contributed by atoms with Crippen LogP contribution >= 0.6 is 0 Å². The lowest BCUT2D eigenvalue weighted by molar-refractivity contribution is -0.136. The van der Waals surface area contributed by atoms with Gasteiger partial charge in [0.1, 0.15) is 0 Å². The molecular formula is C16H24N2O2. The van der Waals surface area contributed by atoms with Crippen molar-refractivity contribution in [2.24, 2.45) is 5.92 Å². The average molecular weight is 276 g/mol. The summed E-state index contributed by atoms with van der Waals surface area (Å²) in [5.41, 5.74) is 2.88. The van der Waals surface area contributed by atoms with Crippen molar-refractivity contribution in [3.63, 3.8) is 0 Å². The van der Waals surface area contributed by atoms with E-state index in [4.69, 9.17) is 0 Å². The Balaban J connectivity index is 2.82. The average Bonchev–Trinajstić information content (AvgIpc) is 2.44. The third-order valence-electron chi connectivity index (χ3n) is 3.11. The molecule has 20 heavy (non-hydrogen) atoms. The van der Waals surface area contributed by atoms with Gasteiger partial charge in [0, 0.05) is 12.2 Å². The Kier molecular flexibility index (Phi) is 6.22. The topological polar surface area (TPSA) is 58.2 Å². The predicted octanol–water partition coefficient (Wildman–Crippen LogP) is 2.52. The highest BCUT2D eigenvalue weighted by atomic mass is 16.2. The van der Waals surface area contributed by atoms with Crippen molar-refractivity contribution in [3.05, 3.63) is 29.3 Å². The number of rotatable bonds is 5. The second-order valence-corrected chi connectivity index (χ2v) is 5.22.